The number of hydrogen-bond acceptors (Lipinski definition) is 3. The maximum Gasteiger partial charge on any atom is 0.258 e. The summed E-state index contributed by atoms with van der Waals surface area (Å²) in [4.78, 5) is 17.2. The number of aliphatic imine (C=N–C) groups is 1. The van der Waals surface area contributed by atoms with Crippen LogP contribution in [0.1, 0.15) is 34.8 Å². The van der Waals surface area contributed by atoms with Crippen LogP contribution in [-0.2, 0) is 6.54 Å². The number of piperidine rings is 1. The summed E-state index contributed by atoms with van der Waals surface area (Å²) in [5, 5.41) is 8.56. The van der Waals surface area contributed by atoms with Crippen LogP contribution >= 0.6 is 0 Å². The van der Waals surface area contributed by atoms with Gasteiger partial charge in [0.25, 0.3) is 5.91 Å². The highest BCUT2D eigenvalue weighted by molar-refractivity contribution is 6.12. The Bertz CT molecular complexity index is 1290. The van der Waals surface area contributed by atoms with Crippen molar-refractivity contribution in [3.05, 3.63) is 83.9 Å². The summed E-state index contributed by atoms with van der Waals surface area (Å²) in [6.45, 7) is 2.44. The predicted octanol–water partition coefficient (Wildman–Crippen LogP) is 3.96. The zero-order valence-electron chi connectivity index (χ0n) is 17.9. The lowest BCUT2D eigenvalue weighted by molar-refractivity contribution is 0.0976. The SMILES string of the molecule is NC(=NCc1ccccc1)NC(=O)c1ccc2c3ccccc3n(C3CCNCC3)c2c1. The summed E-state index contributed by atoms with van der Waals surface area (Å²) in [7, 11) is 0. The molecule has 0 saturated carbocycles. The Morgan fingerprint density at radius 3 is 2.50 bits per heavy atom. The van der Waals surface area contributed by atoms with Crippen molar-refractivity contribution in [3.8, 4) is 0 Å². The number of nitrogens with two attached hydrogens (primary N) is 1. The van der Waals surface area contributed by atoms with Gasteiger partial charge in [-0.1, -0.05) is 54.6 Å². The number of aromatic nitrogens is 1. The number of fused-ring (bicyclic) bond motifs is 3. The van der Waals surface area contributed by atoms with Crippen LogP contribution in [0.2, 0.25) is 0 Å². The van der Waals surface area contributed by atoms with Crippen LogP contribution in [0.25, 0.3) is 21.8 Å². The molecule has 0 radical (unpaired) electrons. The molecule has 6 heteroatoms. The Labute approximate surface area is 187 Å². The molecule has 1 aliphatic heterocycles. The number of benzene rings is 3. The standard InChI is InChI=1S/C26H27N5O/c27-26(29-17-18-6-2-1-3-7-18)30-25(32)19-10-11-22-21-8-4-5-9-23(21)31(24(22)16-19)20-12-14-28-15-13-20/h1-11,16,20,28H,12-15,17H2,(H3,27,29,30,32). The van der Waals surface area contributed by atoms with Crippen LogP contribution in [0.4, 0.5) is 0 Å². The van der Waals surface area contributed by atoms with Gasteiger partial charge in [-0.25, -0.2) is 4.99 Å². The first-order chi connectivity index (χ1) is 15.7. The minimum atomic E-state index is -0.247. The number of amides is 1. The van der Waals surface area contributed by atoms with E-state index in [0.29, 0.717) is 18.2 Å². The third kappa shape index (κ3) is 3.97. The van der Waals surface area contributed by atoms with Gasteiger partial charge in [0.05, 0.1) is 12.1 Å². The zero-order chi connectivity index (χ0) is 21.9. The second-order valence-electron chi connectivity index (χ2n) is 8.24. The second-order valence-corrected chi connectivity index (χ2v) is 8.24. The number of carbonyl (C=O) groups excluding carboxylic acids is 1. The van der Waals surface area contributed by atoms with Crippen molar-refractivity contribution < 1.29 is 4.79 Å². The Kier molecular flexibility index (Phi) is 5.60. The highest BCUT2D eigenvalue weighted by Gasteiger charge is 2.21. The topological polar surface area (TPSA) is 84.4 Å². The maximum atomic E-state index is 12.9. The molecule has 0 aliphatic carbocycles. The quantitative estimate of drug-likeness (QED) is 0.342. The minimum Gasteiger partial charge on any atom is -0.370 e. The largest absolute Gasteiger partial charge is 0.370 e. The zero-order valence-corrected chi connectivity index (χ0v) is 17.9. The average Bonchev–Trinajstić information content (AvgIpc) is 3.17. The molecule has 0 unspecified atom stereocenters. The highest BCUT2D eigenvalue weighted by Crippen LogP contribution is 2.35. The Morgan fingerprint density at radius 2 is 1.69 bits per heavy atom. The molecule has 4 N–H and O–H groups in total. The van der Waals surface area contributed by atoms with E-state index in [-0.39, 0.29) is 11.9 Å². The van der Waals surface area contributed by atoms with E-state index < -0.39 is 0 Å². The average molecular weight is 426 g/mol. The summed E-state index contributed by atoms with van der Waals surface area (Å²) in [6, 6.07) is 24.6. The summed E-state index contributed by atoms with van der Waals surface area (Å²) in [5.41, 5.74) is 9.91. The summed E-state index contributed by atoms with van der Waals surface area (Å²) >= 11 is 0. The van der Waals surface area contributed by atoms with E-state index in [1.54, 1.807) is 0 Å². The number of nitrogens with one attached hydrogen (secondary N) is 2. The van der Waals surface area contributed by atoms with Gasteiger partial charge in [-0.15, -0.1) is 0 Å². The van der Waals surface area contributed by atoms with Crippen LogP contribution in [0.15, 0.2) is 77.8 Å². The molecule has 3 aromatic carbocycles. The van der Waals surface area contributed by atoms with Crippen LogP contribution < -0.4 is 16.4 Å². The maximum absolute atomic E-state index is 12.9. The molecular weight excluding hydrogens is 398 g/mol. The number of para-hydroxylation sites is 1. The molecule has 1 fully saturated rings. The van der Waals surface area contributed by atoms with E-state index in [1.807, 2.05) is 48.5 Å². The van der Waals surface area contributed by atoms with Crippen LogP contribution in [0.3, 0.4) is 0 Å². The third-order valence-corrected chi connectivity index (χ3v) is 6.16. The Balaban J connectivity index is 1.46. The molecule has 1 aromatic heterocycles. The van der Waals surface area contributed by atoms with E-state index >= 15 is 0 Å². The van der Waals surface area contributed by atoms with E-state index in [1.165, 1.54) is 16.3 Å². The second kappa shape index (κ2) is 8.85. The lowest BCUT2D eigenvalue weighted by atomic mass is 10.1. The predicted molar refractivity (Wildman–Crippen MR) is 130 cm³/mol. The third-order valence-electron chi connectivity index (χ3n) is 6.16. The summed E-state index contributed by atoms with van der Waals surface area (Å²) in [5.74, 6) is -0.124. The smallest absolute Gasteiger partial charge is 0.258 e. The normalized spacial score (nSPS) is 15.3. The Hall–Kier alpha value is -3.64. The van der Waals surface area contributed by atoms with Gasteiger partial charge in [0, 0.05) is 27.9 Å². The molecule has 0 atom stereocenters. The van der Waals surface area contributed by atoms with Crippen molar-refractivity contribution in [3.63, 3.8) is 0 Å². The highest BCUT2D eigenvalue weighted by atomic mass is 16.1. The molecule has 2 heterocycles. The van der Waals surface area contributed by atoms with E-state index in [0.717, 1.165) is 37.0 Å². The van der Waals surface area contributed by atoms with Gasteiger partial charge in [-0.05, 0) is 49.7 Å². The van der Waals surface area contributed by atoms with Gasteiger partial charge in [-0.3, -0.25) is 10.1 Å². The van der Waals surface area contributed by atoms with Gasteiger partial charge in [0.15, 0.2) is 5.96 Å². The van der Waals surface area contributed by atoms with Gasteiger partial charge in [-0.2, -0.15) is 0 Å². The first-order valence-corrected chi connectivity index (χ1v) is 11.1. The number of hydrogen-bond donors (Lipinski definition) is 3. The molecule has 5 rings (SSSR count). The van der Waals surface area contributed by atoms with Crippen LogP contribution in [0.5, 0.6) is 0 Å². The lowest BCUT2D eigenvalue weighted by Gasteiger charge is -2.26. The lowest BCUT2D eigenvalue weighted by Crippen LogP contribution is -2.36. The Morgan fingerprint density at radius 1 is 0.969 bits per heavy atom. The minimum absolute atomic E-state index is 0.123. The van der Waals surface area contributed by atoms with Crippen molar-refractivity contribution in [1.29, 1.82) is 0 Å². The van der Waals surface area contributed by atoms with Crippen molar-refractivity contribution in [2.24, 2.45) is 10.7 Å². The molecular formula is C26H27N5O. The molecule has 32 heavy (non-hydrogen) atoms. The summed E-state index contributed by atoms with van der Waals surface area (Å²) < 4.78 is 2.41. The fourth-order valence-electron chi connectivity index (χ4n) is 4.59. The molecule has 4 aromatic rings. The molecule has 1 saturated heterocycles. The monoisotopic (exact) mass is 425 g/mol. The molecule has 1 aliphatic rings. The fraction of sp³-hybridized carbons (Fsp3) is 0.231. The van der Waals surface area contributed by atoms with Crippen LogP contribution in [-0.4, -0.2) is 29.5 Å². The summed E-state index contributed by atoms with van der Waals surface area (Å²) in [6.07, 6.45) is 2.15. The van der Waals surface area contributed by atoms with Gasteiger partial charge < -0.3 is 15.6 Å². The molecule has 0 bridgehead atoms. The van der Waals surface area contributed by atoms with E-state index in [2.05, 4.69) is 44.5 Å². The molecule has 162 valence electrons. The van der Waals surface area contributed by atoms with Gasteiger partial charge >= 0.3 is 0 Å². The van der Waals surface area contributed by atoms with E-state index in [4.69, 9.17) is 5.73 Å². The van der Waals surface area contributed by atoms with Gasteiger partial charge in [0.1, 0.15) is 0 Å². The number of rotatable bonds is 4. The van der Waals surface area contributed by atoms with Crippen LogP contribution in [0, 0.1) is 0 Å². The van der Waals surface area contributed by atoms with Gasteiger partial charge in [0.2, 0.25) is 0 Å². The molecule has 0 spiro atoms. The van der Waals surface area contributed by atoms with Crippen molar-refractivity contribution in [1.82, 2.24) is 15.2 Å². The van der Waals surface area contributed by atoms with E-state index in [9.17, 15) is 4.79 Å². The molecule has 1 amide bonds. The van der Waals surface area contributed by atoms with Crippen molar-refractivity contribution in [2.75, 3.05) is 13.1 Å². The number of carbonyl (C=O) groups is 1. The first kappa shape index (κ1) is 20.3. The molecule has 6 nitrogen and oxygen atoms in total. The first-order valence-electron chi connectivity index (χ1n) is 11.1. The van der Waals surface area contributed by atoms with Crippen molar-refractivity contribution in [2.45, 2.75) is 25.4 Å². The van der Waals surface area contributed by atoms with Crippen molar-refractivity contribution >= 4 is 33.7 Å². The number of nitrogens with zero attached hydrogens (tertiary/aromatic N) is 2. The fourth-order valence-corrected chi connectivity index (χ4v) is 4.59. The number of guanidine groups is 1.